The lowest BCUT2D eigenvalue weighted by molar-refractivity contribution is 0.130. The van der Waals surface area contributed by atoms with E-state index in [9.17, 15) is 0 Å². The molecule has 0 aliphatic heterocycles. The van der Waals surface area contributed by atoms with Crippen molar-refractivity contribution in [1.82, 2.24) is 10.2 Å². The Kier molecular flexibility index (Phi) is 9.87. The molecule has 0 amide bonds. The SMILES string of the molecule is CCNCc1ccc(CN(CCCOC)CCOC)s1. The Balaban J connectivity index is 2.43. The average Bonchev–Trinajstić information content (AvgIpc) is 2.90. The lowest BCUT2D eigenvalue weighted by atomic mass is 10.3. The van der Waals surface area contributed by atoms with Crippen LogP contribution in [0.5, 0.6) is 0 Å². The molecule has 1 aromatic rings. The van der Waals surface area contributed by atoms with Crippen molar-refractivity contribution in [2.24, 2.45) is 0 Å². The van der Waals surface area contributed by atoms with Gasteiger partial charge in [0.05, 0.1) is 6.61 Å². The molecule has 0 radical (unpaired) electrons. The highest BCUT2D eigenvalue weighted by molar-refractivity contribution is 7.11. The molecule has 0 bridgehead atoms. The third kappa shape index (κ3) is 7.36. The summed E-state index contributed by atoms with van der Waals surface area (Å²) in [5.74, 6) is 0. The van der Waals surface area contributed by atoms with E-state index >= 15 is 0 Å². The van der Waals surface area contributed by atoms with E-state index in [1.807, 2.05) is 11.3 Å². The second-order valence-corrected chi connectivity index (χ2v) is 6.02. The van der Waals surface area contributed by atoms with E-state index < -0.39 is 0 Å². The number of methoxy groups -OCH3 is 2. The van der Waals surface area contributed by atoms with Gasteiger partial charge in [0.1, 0.15) is 0 Å². The second-order valence-electron chi connectivity index (χ2n) is 4.76. The first-order valence-corrected chi connectivity index (χ1v) is 8.10. The van der Waals surface area contributed by atoms with Crippen molar-refractivity contribution < 1.29 is 9.47 Å². The Hall–Kier alpha value is -0.460. The fourth-order valence-corrected chi connectivity index (χ4v) is 3.02. The maximum absolute atomic E-state index is 5.20. The summed E-state index contributed by atoms with van der Waals surface area (Å²) in [6.07, 6.45) is 1.07. The van der Waals surface area contributed by atoms with Crippen molar-refractivity contribution in [1.29, 1.82) is 0 Å². The van der Waals surface area contributed by atoms with E-state index in [2.05, 4.69) is 29.3 Å². The molecule has 0 aromatic carbocycles. The molecule has 0 spiro atoms. The first-order chi connectivity index (χ1) is 9.80. The van der Waals surface area contributed by atoms with Gasteiger partial charge in [-0.2, -0.15) is 0 Å². The van der Waals surface area contributed by atoms with Crippen LogP contribution in [0.2, 0.25) is 0 Å². The number of hydrogen-bond donors (Lipinski definition) is 1. The third-order valence-corrected chi connectivity index (χ3v) is 4.15. The van der Waals surface area contributed by atoms with Crippen molar-refractivity contribution in [2.75, 3.05) is 47.1 Å². The molecule has 0 saturated carbocycles. The van der Waals surface area contributed by atoms with Crippen LogP contribution in [0.25, 0.3) is 0 Å². The van der Waals surface area contributed by atoms with Crippen LogP contribution in [0.1, 0.15) is 23.1 Å². The minimum atomic E-state index is 0.780. The van der Waals surface area contributed by atoms with Gasteiger partial charge < -0.3 is 14.8 Å². The predicted octanol–water partition coefficient (Wildman–Crippen LogP) is 2.34. The molecule has 5 heteroatoms. The van der Waals surface area contributed by atoms with Crippen LogP contribution in [0, 0.1) is 0 Å². The Morgan fingerprint density at radius 3 is 2.55 bits per heavy atom. The van der Waals surface area contributed by atoms with Crippen LogP contribution in [0.15, 0.2) is 12.1 Å². The molecular weight excluding hydrogens is 272 g/mol. The number of hydrogen-bond acceptors (Lipinski definition) is 5. The topological polar surface area (TPSA) is 33.7 Å². The van der Waals surface area contributed by atoms with Gasteiger partial charge in [-0.1, -0.05) is 6.92 Å². The highest BCUT2D eigenvalue weighted by Crippen LogP contribution is 2.18. The summed E-state index contributed by atoms with van der Waals surface area (Å²) in [4.78, 5) is 5.27. The molecule has 0 saturated heterocycles. The molecule has 0 fully saturated rings. The molecule has 0 aliphatic carbocycles. The fourth-order valence-electron chi connectivity index (χ4n) is 1.99. The molecule has 116 valence electrons. The number of rotatable bonds is 12. The smallest absolute Gasteiger partial charge is 0.0589 e. The van der Waals surface area contributed by atoms with Crippen LogP contribution >= 0.6 is 11.3 Å². The van der Waals surface area contributed by atoms with Gasteiger partial charge in [0.25, 0.3) is 0 Å². The standard InChI is InChI=1S/C15H28N2O2S/c1-4-16-12-14-6-7-15(20-14)13-17(9-11-19-3)8-5-10-18-2/h6-7,16H,4-5,8-13H2,1-3H3. The number of ether oxygens (including phenoxy) is 2. The largest absolute Gasteiger partial charge is 0.385 e. The number of thiophene rings is 1. The maximum Gasteiger partial charge on any atom is 0.0589 e. The molecule has 0 aliphatic rings. The highest BCUT2D eigenvalue weighted by atomic mass is 32.1. The van der Waals surface area contributed by atoms with Crippen LogP contribution in [-0.2, 0) is 22.6 Å². The molecule has 1 rings (SSSR count). The summed E-state index contributed by atoms with van der Waals surface area (Å²) in [5.41, 5.74) is 0. The van der Waals surface area contributed by atoms with Crippen molar-refractivity contribution in [3.63, 3.8) is 0 Å². The summed E-state index contributed by atoms with van der Waals surface area (Å²) in [6, 6.07) is 4.47. The quantitative estimate of drug-likeness (QED) is 0.601. The van der Waals surface area contributed by atoms with Gasteiger partial charge >= 0.3 is 0 Å². The second kappa shape index (κ2) is 11.2. The third-order valence-electron chi connectivity index (χ3n) is 3.08. The Morgan fingerprint density at radius 2 is 1.85 bits per heavy atom. The zero-order valence-corrected chi connectivity index (χ0v) is 13.8. The monoisotopic (exact) mass is 300 g/mol. The molecule has 0 atom stereocenters. The summed E-state index contributed by atoms with van der Waals surface area (Å²) in [5, 5.41) is 3.37. The van der Waals surface area contributed by atoms with E-state index in [0.29, 0.717) is 0 Å². The Labute approximate surface area is 127 Å². The summed E-state index contributed by atoms with van der Waals surface area (Å²) < 4.78 is 10.3. The van der Waals surface area contributed by atoms with Gasteiger partial charge in [-0.15, -0.1) is 11.3 Å². The number of nitrogens with zero attached hydrogens (tertiary/aromatic N) is 1. The maximum atomic E-state index is 5.20. The normalized spacial score (nSPS) is 11.4. The van der Waals surface area contributed by atoms with Crippen molar-refractivity contribution in [3.8, 4) is 0 Å². The van der Waals surface area contributed by atoms with E-state index in [0.717, 1.165) is 52.4 Å². The zero-order chi connectivity index (χ0) is 14.6. The van der Waals surface area contributed by atoms with E-state index in [1.54, 1.807) is 14.2 Å². The first-order valence-electron chi connectivity index (χ1n) is 7.28. The van der Waals surface area contributed by atoms with Crippen LogP contribution < -0.4 is 5.32 Å². The van der Waals surface area contributed by atoms with Crippen LogP contribution in [0.3, 0.4) is 0 Å². The van der Waals surface area contributed by atoms with Crippen LogP contribution in [-0.4, -0.2) is 52.0 Å². The summed E-state index contributed by atoms with van der Waals surface area (Å²) in [7, 11) is 3.51. The molecule has 1 N–H and O–H groups in total. The number of nitrogens with one attached hydrogen (secondary N) is 1. The molecule has 20 heavy (non-hydrogen) atoms. The predicted molar refractivity (Wildman–Crippen MR) is 85.3 cm³/mol. The highest BCUT2D eigenvalue weighted by Gasteiger charge is 2.08. The van der Waals surface area contributed by atoms with Crippen LogP contribution in [0.4, 0.5) is 0 Å². The van der Waals surface area contributed by atoms with Gasteiger partial charge in [-0.3, -0.25) is 4.90 Å². The lowest BCUT2D eigenvalue weighted by Gasteiger charge is -2.21. The minimum absolute atomic E-state index is 0.780. The van der Waals surface area contributed by atoms with Gasteiger partial charge in [-0.05, 0) is 25.1 Å². The van der Waals surface area contributed by atoms with Gasteiger partial charge in [0, 0.05) is 56.8 Å². The van der Waals surface area contributed by atoms with E-state index in [-0.39, 0.29) is 0 Å². The molecular formula is C15H28N2O2S. The molecule has 1 heterocycles. The summed E-state index contributed by atoms with van der Waals surface area (Å²) in [6.45, 7) is 8.76. The van der Waals surface area contributed by atoms with Crippen molar-refractivity contribution in [2.45, 2.75) is 26.4 Å². The van der Waals surface area contributed by atoms with Gasteiger partial charge in [-0.25, -0.2) is 0 Å². The van der Waals surface area contributed by atoms with Gasteiger partial charge in [0.15, 0.2) is 0 Å². The zero-order valence-electron chi connectivity index (χ0n) is 13.0. The molecule has 4 nitrogen and oxygen atoms in total. The van der Waals surface area contributed by atoms with E-state index in [1.165, 1.54) is 9.75 Å². The lowest BCUT2D eigenvalue weighted by Crippen LogP contribution is -2.28. The molecule has 0 unspecified atom stereocenters. The Morgan fingerprint density at radius 1 is 1.10 bits per heavy atom. The average molecular weight is 300 g/mol. The molecule has 1 aromatic heterocycles. The van der Waals surface area contributed by atoms with Crippen molar-refractivity contribution >= 4 is 11.3 Å². The fraction of sp³-hybridized carbons (Fsp3) is 0.733. The first kappa shape index (κ1) is 17.6. The van der Waals surface area contributed by atoms with Gasteiger partial charge in [0.2, 0.25) is 0 Å². The Bertz CT molecular complexity index is 344. The minimum Gasteiger partial charge on any atom is -0.385 e. The van der Waals surface area contributed by atoms with E-state index in [4.69, 9.17) is 9.47 Å². The summed E-state index contributed by atoms with van der Waals surface area (Å²) >= 11 is 1.90. The van der Waals surface area contributed by atoms with Crippen molar-refractivity contribution in [3.05, 3.63) is 21.9 Å².